The van der Waals surface area contributed by atoms with Crippen molar-refractivity contribution in [3.63, 3.8) is 0 Å². The molecule has 0 fully saturated rings. The van der Waals surface area contributed by atoms with Crippen LogP contribution in [-0.2, 0) is 0 Å². The van der Waals surface area contributed by atoms with Gasteiger partial charge in [-0.25, -0.2) is 4.03 Å². The third kappa shape index (κ3) is 1.01. The van der Waals surface area contributed by atoms with Gasteiger partial charge in [0.25, 0.3) is 0 Å². The second-order valence-electron chi connectivity index (χ2n) is 2.31. The Bertz CT molecular complexity index is 333. The van der Waals surface area contributed by atoms with Gasteiger partial charge in [0.15, 0.2) is 5.75 Å². The summed E-state index contributed by atoms with van der Waals surface area (Å²) in [6.45, 7) is 0. The van der Waals surface area contributed by atoms with Gasteiger partial charge in [-0.3, -0.25) is 5.43 Å². The summed E-state index contributed by atoms with van der Waals surface area (Å²) in [7, 11) is 0. The van der Waals surface area contributed by atoms with E-state index in [4.69, 9.17) is 11.6 Å². The summed E-state index contributed by atoms with van der Waals surface area (Å²) in [5, 5.41) is 9.78. The molecule has 0 saturated carbocycles. The van der Waals surface area contributed by atoms with Crippen LogP contribution in [-0.4, -0.2) is 5.11 Å². The van der Waals surface area contributed by atoms with Gasteiger partial charge in [-0.1, -0.05) is 11.6 Å². The normalized spacial score (nSPS) is 14.3. The number of nitrogens with one attached hydrogen (secondary N) is 2. The molecule has 6 heteroatoms. The summed E-state index contributed by atoms with van der Waals surface area (Å²) in [5.74, 6) is 0.0450. The van der Waals surface area contributed by atoms with E-state index in [1.807, 2.05) is 0 Å². The van der Waals surface area contributed by atoms with Gasteiger partial charge < -0.3 is 5.11 Å². The van der Waals surface area contributed by atoms with Crippen molar-refractivity contribution in [1.82, 2.24) is 5.53 Å². The van der Waals surface area contributed by atoms with Crippen molar-refractivity contribution in [2.75, 3.05) is 9.46 Å². The van der Waals surface area contributed by atoms with Crippen molar-refractivity contribution in [2.45, 2.75) is 0 Å². The first kappa shape index (κ1) is 7.97. The van der Waals surface area contributed by atoms with E-state index in [2.05, 4.69) is 27.1 Å². The molecule has 0 aliphatic carbocycles. The fourth-order valence-corrected chi connectivity index (χ4v) is 1.55. The number of aromatic hydroxyl groups is 1. The number of fused-ring (bicyclic) bond motifs is 1. The molecule has 2 rings (SSSR count). The van der Waals surface area contributed by atoms with E-state index in [0.717, 1.165) is 5.69 Å². The van der Waals surface area contributed by atoms with Gasteiger partial charge in [0, 0.05) is 0 Å². The monoisotopic (exact) mass is 249 g/mol. The number of halogens is 2. The first-order valence-electron chi connectivity index (χ1n) is 3.19. The molecule has 0 bridgehead atoms. The maximum absolute atomic E-state index is 9.45. The molecular weight excluding hydrogens is 245 g/mol. The predicted octanol–water partition coefficient (Wildman–Crippen LogP) is 2.01. The molecule has 0 radical (unpaired) electrons. The maximum Gasteiger partial charge on any atom is 0.161 e. The highest BCUT2D eigenvalue weighted by atomic mass is 79.9. The topological polar surface area (TPSA) is 47.5 Å². The van der Waals surface area contributed by atoms with E-state index < -0.39 is 0 Å². The Balaban J connectivity index is 2.60. The van der Waals surface area contributed by atoms with E-state index in [0.29, 0.717) is 10.7 Å². The zero-order valence-corrected chi connectivity index (χ0v) is 8.15. The Hall–Kier alpha value is -0.650. The number of anilines is 2. The second-order valence-corrected chi connectivity index (χ2v) is 3.42. The lowest BCUT2D eigenvalue weighted by Crippen LogP contribution is -2.26. The van der Waals surface area contributed by atoms with Gasteiger partial charge in [0.2, 0.25) is 0 Å². The van der Waals surface area contributed by atoms with Crippen LogP contribution in [0.1, 0.15) is 0 Å². The van der Waals surface area contributed by atoms with Crippen molar-refractivity contribution in [1.29, 1.82) is 0 Å². The van der Waals surface area contributed by atoms with Crippen LogP contribution in [0.2, 0.25) is 5.02 Å². The van der Waals surface area contributed by atoms with E-state index in [-0.39, 0.29) is 5.75 Å². The van der Waals surface area contributed by atoms with Gasteiger partial charge in [-0.05, 0) is 12.1 Å². The maximum atomic E-state index is 9.45. The lowest BCUT2D eigenvalue weighted by Gasteiger charge is -2.05. The van der Waals surface area contributed by atoms with Gasteiger partial charge in [0.1, 0.15) is 5.69 Å². The minimum atomic E-state index is 0.0450. The van der Waals surface area contributed by atoms with Crippen LogP contribution >= 0.6 is 27.7 Å². The molecule has 0 spiro atoms. The number of benzene rings is 1. The third-order valence-electron chi connectivity index (χ3n) is 1.60. The Kier molecular flexibility index (Phi) is 1.79. The Morgan fingerprint density at radius 2 is 2.25 bits per heavy atom. The van der Waals surface area contributed by atoms with Gasteiger partial charge in [-0.15, -0.1) is 5.53 Å². The molecule has 64 valence electrons. The average Bonchev–Trinajstić information content (AvgIpc) is 2.41. The van der Waals surface area contributed by atoms with Crippen molar-refractivity contribution >= 4 is 39.1 Å². The lowest BCUT2D eigenvalue weighted by molar-refractivity contribution is 0.478. The van der Waals surface area contributed by atoms with Crippen molar-refractivity contribution < 1.29 is 5.11 Å². The predicted molar refractivity (Wildman–Crippen MR) is 51.3 cm³/mol. The summed E-state index contributed by atoms with van der Waals surface area (Å²) in [6, 6.07) is 3.40. The zero-order chi connectivity index (χ0) is 8.72. The van der Waals surface area contributed by atoms with Crippen LogP contribution in [0.4, 0.5) is 11.4 Å². The summed E-state index contributed by atoms with van der Waals surface area (Å²) in [5.41, 5.74) is 6.85. The molecule has 1 heterocycles. The molecular formula is C6H5BrClN3O. The molecule has 0 saturated heterocycles. The standard InChI is InChI=1S/C6H5BrClN3O/c7-11-4-2-1-3(8)6(12)5(4)9-10-11/h1-2,9-10,12H. The van der Waals surface area contributed by atoms with E-state index in [9.17, 15) is 5.11 Å². The zero-order valence-electron chi connectivity index (χ0n) is 5.81. The largest absolute Gasteiger partial charge is 0.504 e. The molecule has 3 N–H and O–H groups in total. The average molecular weight is 250 g/mol. The molecule has 1 aromatic carbocycles. The minimum Gasteiger partial charge on any atom is -0.504 e. The summed E-state index contributed by atoms with van der Waals surface area (Å²) >= 11 is 8.89. The summed E-state index contributed by atoms with van der Waals surface area (Å²) in [4.78, 5) is 0. The molecule has 1 aliphatic heterocycles. The van der Waals surface area contributed by atoms with E-state index in [1.54, 1.807) is 16.2 Å². The molecule has 12 heavy (non-hydrogen) atoms. The molecule has 1 aliphatic rings. The van der Waals surface area contributed by atoms with Crippen molar-refractivity contribution in [2.24, 2.45) is 0 Å². The summed E-state index contributed by atoms with van der Waals surface area (Å²) in [6.07, 6.45) is 0. The number of hydrogen-bond acceptors (Lipinski definition) is 4. The second kappa shape index (κ2) is 2.69. The highest BCUT2D eigenvalue weighted by molar-refractivity contribution is 9.10. The Labute approximate surface area is 82.4 Å². The van der Waals surface area contributed by atoms with Crippen LogP contribution in [0.3, 0.4) is 0 Å². The Morgan fingerprint density at radius 3 is 3.00 bits per heavy atom. The molecule has 1 aromatic rings. The number of nitrogens with zero attached hydrogens (tertiary/aromatic N) is 1. The third-order valence-corrected chi connectivity index (χ3v) is 2.46. The molecule has 0 amide bonds. The van der Waals surface area contributed by atoms with Gasteiger partial charge in [0.05, 0.1) is 26.9 Å². The van der Waals surface area contributed by atoms with Crippen LogP contribution in [0.25, 0.3) is 0 Å². The number of hydrogen-bond donors (Lipinski definition) is 3. The van der Waals surface area contributed by atoms with Gasteiger partial charge in [-0.2, -0.15) is 0 Å². The smallest absolute Gasteiger partial charge is 0.161 e. The Morgan fingerprint density at radius 1 is 1.50 bits per heavy atom. The van der Waals surface area contributed by atoms with Crippen LogP contribution in [0, 0.1) is 0 Å². The van der Waals surface area contributed by atoms with Crippen molar-refractivity contribution in [3.05, 3.63) is 17.2 Å². The number of hydrazine groups is 2. The first-order valence-corrected chi connectivity index (χ1v) is 4.28. The minimum absolute atomic E-state index is 0.0450. The highest BCUT2D eigenvalue weighted by Gasteiger charge is 2.20. The fourth-order valence-electron chi connectivity index (χ4n) is 1.01. The molecule has 4 nitrogen and oxygen atoms in total. The van der Waals surface area contributed by atoms with Gasteiger partial charge >= 0.3 is 0 Å². The fraction of sp³-hybridized carbons (Fsp3) is 0. The molecule has 0 atom stereocenters. The SMILES string of the molecule is Oc1c(Cl)ccc2c1NNN2Br. The quantitative estimate of drug-likeness (QED) is 0.487. The lowest BCUT2D eigenvalue weighted by atomic mass is 10.2. The van der Waals surface area contributed by atoms with Crippen molar-refractivity contribution in [3.8, 4) is 5.75 Å². The number of phenolic OH excluding ortho intramolecular Hbond substituents is 1. The molecule has 0 aromatic heterocycles. The van der Waals surface area contributed by atoms with E-state index in [1.165, 1.54) is 0 Å². The van der Waals surface area contributed by atoms with Crippen LogP contribution < -0.4 is 15.0 Å². The van der Waals surface area contributed by atoms with E-state index >= 15 is 0 Å². The van der Waals surface area contributed by atoms with Crippen LogP contribution in [0.15, 0.2) is 12.1 Å². The number of rotatable bonds is 0. The highest BCUT2D eigenvalue weighted by Crippen LogP contribution is 2.42. The number of phenols is 1. The first-order chi connectivity index (χ1) is 5.70. The van der Waals surface area contributed by atoms with Crippen LogP contribution in [0.5, 0.6) is 5.75 Å². The summed E-state index contributed by atoms with van der Waals surface area (Å²) < 4.78 is 1.57. The molecule has 0 unspecified atom stereocenters.